The molecule has 0 fully saturated rings. The van der Waals surface area contributed by atoms with Crippen LogP contribution in [0.2, 0.25) is 0 Å². The Morgan fingerprint density at radius 1 is 1.17 bits per heavy atom. The van der Waals surface area contributed by atoms with Gasteiger partial charge in [0.2, 0.25) is 5.88 Å². The maximum atomic E-state index is 5.56. The van der Waals surface area contributed by atoms with Crippen LogP contribution in [0, 0.1) is 0 Å². The van der Waals surface area contributed by atoms with Gasteiger partial charge in [-0.1, -0.05) is 13.8 Å². The lowest BCUT2D eigenvalue weighted by atomic mass is 10.1. The Labute approximate surface area is 107 Å². The molecule has 1 heterocycles. The molecule has 0 unspecified atom stereocenters. The average molecular weight is 246 g/mol. The first-order valence-corrected chi connectivity index (χ1v) is 6.14. The third-order valence-corrected chi connectivity index (χ3v) is 2.69. The van der Waals surface area contributed by atoms with Crippen molar-refractivity contribution in [1.82, 2.24) is 9.97 Å². The fourth-order valence-corrected chi connectivity index (χ4v) is 1.78. The van der Waals surface area contributed by atoms with E-state index in [9.17, 15) is 0 Å². The van der Waals surface area contributed by atoms with Gasteiger partial charge in [-0.15, -0.1) is 0 Å². The molecule has 0 saturated carbocycles. The Morgan fingerprint density at radius 2 is 1.94 bits per heavy atom. The summed E-state index contributed by atoms with van der Waals surface area (Å²) in [6.07, 6.45) is 0. The topological polar surface area (TPSA) is 44.2 Å². The molecule has 0 amide bonds. The third kappa shape index (κ3) is 2.37. The highest BCUT2D eigenvalue weighted by Crippen LogP contribution is 2.27. The minimum Gasteiger partial charge on any atom is -0.497 e. The van der Waals surface area contributed by atoms with Gasteiger partial charge in [-0.2, -0.15) is 0 Å². The first-order valence-electron chi connectivity index (χ1n) is 6.14. The minimum atomic E-state index is 0.273. The van der Waals surface area contributed by atoms with Crippen LogP contribution in [0.1, 0.15) is 32.4 Å². The predicted molar refractivity (Wildman–Crippen MR) is 71.3 cm³/mol. The number of methoxy groups -OCH3 is 1. The van der Waals surface area contributed by atoms with E-state index >= 15 is 0 Å². The van der Waals surface area contributed by atoms with Crippen molar-refractivity contribution < 1.29 is 9.47 Å². The second-order valence-electron chi connectivity index (χ2n) is 4.36. The van der Waals surface area contributed by atoms with Gasteiger partial charge in [-0.25, -0.2) is 9.97 Å². The maximum Gasteiger partial charge on any atom is 0.236 e. The molecule has 0 N–H and O–H groups in total. The molecular weight excluding hydrogens is 228 g/mol. The van der Waals surface area contributed by atoms with Gasteiger partial charge in [0, 0.05) is 12.0 Å². The van der Waals surface area contributed by atoms with Gasteiger partial charge in [0.1, 0.15) is 11.4 Å². The SMILES string of the molecule is CCOc1nc2ccc(OC)cc2nc1C(C)C. The molecule has 2 aromatic rings. The quantitative estimate of drug-likeness (QED) is 0.831. The van der Waals surface area contributed by atoms with Crippen LogP contribution in [0.5, 0.6) is 11.6 Å². The summed E-state index contributed by atoms with van der Waals surface area (Å²) in [5, 5.41) is 0. The van der Waals surface area contributed by atoms with Crippen LogP contribution in [0.3, 0.4) is 0 Å². The molecule has 0 aliphatic heterocycles. The van der Waals surface area contributed by atoms with E-state index in [2.05, 4.69) is 23.8 Å². The van der Waals surface area contributed by atoms with Crippen LogP contribution >= 0.6 is 0 Å². The van der Waals surface area contributed by atoms with E-state index < -0.39 is 0 Å². The van der Waals surface area contributed by atoms with E-state index in [0.29, 0.717) is 12.5 Å². The minimum absolute atomic E-state index is 0.273. The molecule has 96 valence electrons. The van der Waals surface area contributed by atoms with Crippen molar-refractivity contribution in [3.8, 4) is 11.6 Å². The number of benzene rings is 1. The summed E-state index contributed by atoms with van der Waals surface area (Å²) in [5.74, 6) is 1.69. The smallest absolute Gasteiger partial charge is 0.236 e. The molecule has 18 heavy (non-hydrogen) atoms. The molecule has 0 bridgehead atoms. The van der Waals surface area contributed by atoms with Gasteiger partial charge in [0.05, 0.1) is 24.8 Å². The number of nitrogens with zero attached hydrogens (tertiary/aromatic N) is 2. The Kier molecular flexibility index (Phi) is 3.65. The summed E-state index contributed by atoms with van der Waals surface area (Å²) < 4.78 is 10.8. The third-order valence-electron chi connectivity index (χ3n) is 2.69. The first kappa shape index (κ1) is 12.6. The standard InChI is InChI=1S/C14H18N2O2/c1-5-18-14-13(9(2)3)15-12-8-10(17-4)6-7-11(12)16-14/h6-9H,5H2,1-4H3. The fraction of sp³-hybridized carbons (Fsp3) is 0.429. The fourth-order valence-electron chi connectivity index (χ4n) is 1.78. The highest BCUT2D eigenvalue weighted by atomic mass is 16.5. The van der Waals surface area contributed by atoms with Crippen LogP contribution in [0.25, 0.3) is 11.0 Å². The first-order chi connectivity index (χ1) is 8.65. The largest absolute Gasteiger partial charge is 0.497 e. The normalized spacial score (nSPS) is 10.9. The van der Waals surface area contributed by atoms with E-state index in [4.69, 9.17) is 9.47 Å². The van der Waals surface area contributed by atoms with Gasteiger partial charge in [0.15, 0.2) is 0 Å². The monoisotopic (exact) mass is 246 g/mol. The zero-order valence-corrected chi connectivity index (χ0v) is 11.2. The summed E-state index contributed by atoms with van der Waals surface area (Å²) in [7, 11) is 1.65. The van der Waals surface area contributed by atoms with Crippen molar-refractivity contribution in [2.75, 3.05) is 13.7 Å². The molecule has 1 aromatic heterocycles. The number of fused-ring (bicyclic) bond motifs is 1. The molecule has 0 radical (unpaired) electrons. The molecule has 1 aromatic carbocycles. The number of hydrogen-bond donors (Lipinski definition) is 0. The molecular formula is C14H18N2O2. The Hall–Kier alpha value is -1.84. The van der Waals surface area contributed by atoms with Crippen LogP contribution in [-0.4, -0.2) is 23.7 Å². The zero-order chi connectivity index (χ0) is 13.1. The molecule has 0 saturated heterocycles. The lowest BCUT2D eigenvalue weighted by Crippen LogP contribution is -2.04. The average Bonchev–Trinajstić information content (AvgIpc) is 2.37. The van der Waals surface area contributed by atoms with Gasteiger partial charge < -0.3 is 9.47 Å². The lowest BCUT2D eigenvalue weighted by molar-refractivity contribution is 0.320. The van der Waals surface area contributed by atoms with Crippen LogP contribution in [0.4, 0.5) is 0 Å². The number of rotatable bonds is 4. The Bertz CT molecular complexity index is 553. The van der Waals surface area contributed by atoms with E-state index in [1.807, 2.05) is 25.1 Å². The molecule has 0 aliphatic carbocycles. The number of aromatic nitrogens is 2. The van der Waals surface area contributed by atoms with Crippen molar-refractivity contribution >= 4 is 11.0 Å². The van der Waals surface area contributed by atoms with Crippen molar-refractivity contribution in [3.63, 3.8) is 0 Å². The predicted octanol–water partition coefficient (Wildman–Crippen LogP) is 3.16. The van der Waals surface area contributed by atoms with E-state index in [-0.39, 0.29) is 5.92 Å². The molecule has 0 atom stereocenters. The molecule has 0 aliphatic rings. The Morgan fingerprint density at radius 3 is 2.56 bits per heavy atom. The lowest BCUT2D eigenvalue weighted by Gasteiger charge is -2.12. The summed E-state index contributed by atoms with van der Waals surface area (Å²) in [4.78, 5) is 9.16. The van der Waals surface area contributed by atoms with Gasteiger partial charge in [-0.3, -0.25) is 0 Å². The summed E-state index contributed by atoms with van der Waals surface area (Å²) in [5.41, 5.74) is 2.54. The summed E-state index contributed by atoms with van der Waals surface area (Å²) in [6, 6.07) is 5.67. The van der Waals surface area contributed by atoms with Crippen LogP contribution in [-0.2, 0) is 0 Å². The van der Waals surface area contributed by atoms with Crippen LogP contribution < -0.4 is 9.47 Å². The second kappa shape index (κ2) is 5.21. The van der Waals surface area contributed by atoms with Crippen LogP contribution in [0.15, 0.2) is 18.2 Å². The number of ether oxygens (including phenoxy) is 2. The van der Waals surface area contributed by atoms with Crippen molar-refractivity contribution in [2.45, 2.75) is 26.7 Å². The summed E-state index contributed by atoms with van der Waals surface area (Å²) >= 11 is 0. The molecule has 4 nitrogen and oxygen atoms in total. The maximum absolute atomic E-state index is 5.56. The summed E-state index contributed by atoms with van der Waals surface area (Å²) in [6.45, 7) is 6.71. The van der Waals surface area contributed by atoms with Crippen molar-refractivity contribution in [3.05, 3.63) is 23.9 Å². The molecule has 0 spiro atoms. The highest BCUT2D eigenvalue weighted by molar-refractivity contribution is 5.76. The van der Waals surface area contributed by atoms with E-state index in [1.165, 1.54) is 0 Å². The second-order valence-corrected chi connectivity index (χ2v) is 4.36. The van der Waals surface area contributed by atoms with Crippen molar-refractivity contribution in [2.24, 2.45) is 0 Å². The molecule has 4 heteroatoms. The van der Waals surface area contributed by atoms with Gasteiger partial charge >= 0.3 is 0 Å². The Balaban J connectivity index is 2.60. The van der Waals surface area contributed by atoms with Gasteiger partial charge in [0.25, 0.3) is 0 Å². The van der Waals surface area contributed by atoms with E-state index in [1.54, 1.807) is 7.11 Å². The number of hydrogen-bond acceptors (Lipinski definition) is 4. The van der Waals surface area contributed by atoms with Gasteiger partial charge in [-0.05, 0) is 19.1 Å². The zero-order valence-electron chi connectivity index (χ0n) is 11.2. The highest BCUT2D eigenvalue weighted by Gasteiger charge is 2.13. The van der Waals surface area contributed by atoms with E-state index in [0.717, 1.165) is 22.5 Å². The molecule has 2 rings (SSSR count). The van der Waals surface area contributed by atoms with Crippen molar-refractivity contribution in [1.29, 1.82) is 0 Å².